The van der Waals surface area contributed by atoms with Crippen LogP contribution in [0.15, 0.2) is 0 Å². The fourth-order valence-corrected chi connectivity index (χ4v) is 3.17. The highest BCUT2D eigenvalue weighted by Gasteiger charge is 2.39. The van der Waals surface area contributed by atoms with Crippen molar-refractivity contribution in [2.24, 2.45) is 11.3 Å². The molecule has 106 valence electrons. The van der Waals surface area contributed by atoms with Gasteiger partial charge < -0.3 is 5.32 Å². The van der Waals surface area contributed by atoms with E-state index >= 15 is 0 Å². The Balaban J connectivity index is 1.83. The van der Waals surface area contributed by atoms with E-state index in [-0.39, 0.29) is 24.2 Å². The number of alkyl halides is 2. The molecular formula is C15H27F2N. The van der Waals surface area contributed by atoms with Crippen LogP contribution in [0.3, 0.4) is 0 Å². The standard InChI is InChI=1S/C15H27F2N/c1-3-14(2,11-18-13-6-7-13)9-12-5-4-8-15(16,17)10-12/h12-13,18H,3-11H2,1-2H3. The summed E-state index contributed by atoms with van der Waals surface area (Å²) in [6, 6.07) is 0.712. The number of hydrogen-bond donors (Lipinski definition) is 1. The topological polar surface area (TPSA) is 12.0 Å². The Morgan fingerprint density at radius 1 is 1.28 bits per heavy atom. The van der Waals surface area contributed by atoms with Crippen LogP contribution in [0.1, 0.15) is 65.2 Å². The average Bonchev–Trinajstić information content (AvgIpc) is 3.09. The summed E-state index contributed by atoms with van der Waals surface area (Å²) in [6.07, 6.45) is 6.54. The Hall–Kier alpha value is -0.180. The molecule has 2 saturated carbocycles. The van der Waals surface area contributed by atoms with E-state index in [0.717, 1.165) is 25.8 Å². The van der Waals surface area contributed by atoms with Crippen LogP contribution in [0.2, 0.25) is 0 Å². The van der Waals surface area contributed by atoms with Crippen LogP contribution in [-0.4, -0.2) is 18.5 Å². The van der Waals surface area contributed by atoms with Gasteiger partial charge >= 0.3 is 0 Å². The zero-order chi connectivity index (χ0) is 13.2. The van der Waals surface area contributed by atoms with E-state index in [0.29, 0.717) is 12.5 Å². The second-order valence-electron chi connectivity index (χ2n) is 6.84. The summed E-state index contributed by atoms with van der Waals surface area (Å²) in [5, 5.41) is 3.57. The van der Waals surface area contributed by atoms with Gasteiger partial charge in [-0.3, -0.25) is 0 Å². The molecule has 2 unspecified atom stereocenters. The van der Waals surface area contributed by atoms with Crippen molar-refractivity contribution < 1.29 is 8.78 Å². The Morgan fingerprint density at radius 2 is 2.00 bits per heavy atom. The van der Waals surface area contributed by atoms with Gasteiger partial charge in [0.15, 0.2) is 0 Å². The third-order valence-corrected chi connectivity index (χ3v) is 4.77. The van der Waals surface area contributed by atoms with Crippen LogP contribution in [-0.2, 0) is 0 Å². The van der Waals surface area contributed by atoms with Gasteiger partial charge in [-0.05, 0) is 49.9 Å². The quantitative estimate of drug-likeness (QED) is 0.747. The molecule has 2 aliphatic carbocycles. The Labute approximate surface area is 110 Å². The molecule has 0 aliphatic heterocycles. The zero-order valence-electron chi connectivity index (χ0n) is 11.8. The number of nitrogens with one attached hydrogen (secondary N) is 1. The summed E-state index contributed by atoms with van der Waals surface area (Å²) in [5.41, 5.74) is 0.195. The van der Waals surface area contributed by atoms with Crippen molar-refractivity contribution >= 4 is 0 Å². The van der Waals surface area contributed by atoms with Crippen LogP contribution in [0.4, 0.5) is 8.78 Å². The SMILES string of the molecule is CCC(C)(CNC1CC1)CC1CCCC(F)(F)C1. The molecule has 0 aromatic heterocycles. The van der Waals surface area contributed by atoms with E-state index in [9.17, 15) is 8.78 Å². The Bertz CT molecular complexity index is 276. The summed E-state index contributed by atoms with van der Waals surface area (Å²) in [6.45, 7) is 5.45. The zero-order valence-corrected chi connectivity index (χ0v) is 11.8. The van der Waals surface area contributed by atoms with E-state index in [1.807, 2.05) is 0 Å². The first-order valence-corrected chi connectivity index (χ1v) is 7.54. The van der Waals surface area contributed by atoms with Crippen molar-refractivity contribution in [3.63, 3.8) is 0 Å². The van der Waals surface area contributed by atoms with Gasteiger partial charge in [-0.15, -0.1) is 0 Å². The number of halogens is 2. The van der Waals surface area contributed by atoms with Crippen LogP contribution in [0, 0.1) is 11.3 Å². The van der Waals surface area contributed by atoms with Crippen molar-refractivity contribution in [2.45, 2.75) is 77.2 Å². The number of rotatable bonds is 6. The predicted molar refractivity (Wildman–Crippen MR) is 70.9 cm³/mol. The molecule has 18 heavy (non-hydrogen) atoms. The van der Waals surface area contributed by atoms with Gasteiger partial charge in [0.1, 0.15) is 0 Å². The predicted octanol–water partition coefficient (Wildman–Crippen LogP) is 4.37. The monoisotopic (exact) mass is 259 g/mol. The normalized spacial score (nSPS) is 31.0. The number of hydrogen-bond acceptors (Lipinski definition) is 1. The van der Waals surface area contributed by atoms with Gasteiger partial charge in [-0.25, -0.2) is 8.78 Å². The van der Waals surface area contributed by atoms with Crippen LogP contribution in [0.5, 0.6) is 0 Å². The minimum absolute atomic E-state index is 0.104. The highest BCUT2D eigenvalue weighted by atomic mass is 19.3. The molecular weight excluding hydrogens is 232 g/mol. The van der Waals surface area contributed by atoms with Gasteiger partial charge in [-0.2, -0.15) is 0 Å². The maximum Gasteiger partial charge on any atom is 0.248 e. The van der Waals surface area contributed by atoms with E-state index in [1.165, 1.54) is 12.8 Å². The minimum atomic E-state index is -2.40. The Morgan fingerprint density at radius 3 is 2.56 bits per heavy atom. The molecule has 1 nitrogen and oxygen atoms in total. The van der Waals surface area contributed by atoms with E-state index in [4.69, 9.17) is 0 Å². The van der Waals surface area contributed by atoms with Crippen molar-refractivity contribution in [1.82, 2.24) is 5.32 Å². The van der Waals surface area contributed by atoms with Crippen LogP contribution >= 0.6 is 0 Å². The maximum atomic E-state index is 13.4. The van der Waals surface area contributed by atoms with E-state index in [2.05, 4.69) is 19.2 Å². The van der Waals surface area contributed by atoms with Gasteiger partial charge in [0, 0.05) is 25.4 Å². The largest absolute Gasteiger partial charge is 0.313 e. The van der Waals surface area contributed by atoms with Crippen molar-refractivity contribution in [3.8, 4) is 0 Å². The molecule has 3 heteroatoms. The van der Waals surface area contributed by atoms with Crippen molar-refractivity contribution in [2.75, 3.05) is 6.54 Å². The molecule has 2 aliphatic rings. The van der Waals surface area contributed by atoms with Crippen molar-refractivity contribution in [1.29, 1.82) is 0 Å². The van der Waals surface area contributed by atoms with E-state index in [1.54, 1.807) is 0 Å². The highest BCUT2D eigenvalue weighted by molar-refractivity contribution is 4.88. The van der Waals surface area contributed by atoms with Gasteiger partial charge in [0.2, 0.25) is 5.92 Å². The first-order valence-electron chi connectivity index (χ1n) is 7.54. The molecule has 0 saturated heterocycles. The minimum Gasteiger partial charge on any atom is -0.313 e. The van der Waals surface area contributed by atoms with Gasteiger partial charge in [0.05, 0.1) is 0 Å². The second kappa shape index (κ2) is 5.44. The molecule has 0 amide bonds. The molecule has 1 N–H and O–H groups in total. The third-order valence-electron chi connectivity index (χ3n) is 4.77. The summed E-state index contributed by atoms with van der Waals surface area (Å²) in [7, 11) is 0. The fourth-order valence-electron chi connectivity index (χ4n) is 3.17. The molecule has 0 radical (unpaired) electrons. The molecule has 2 rings (SSSR count). The lowest BCUT2D eigenvalue weighted by Crippen LogP contribution is -2.36. The lowest BCUT2D eigenvalue weighted by molar-refractivity contribution is -0.0590. The summed E-state index contributed by atoms with van der Waals surface area (Å²) < 4.78 is 26.9. The third kappa shape index (κ3) is 4.18. The Kier molecular flexibility index (Phi) is 4.30. The molecule has 0 aromatic rings. The average molecular weight is 259 g/mol. The fraction of sp³-hybridized carbons (Fsp3) is 1.00. The smallest absolute Gasteiger partial charge is 0.248 e. The summed E-state index contributed by atoms with van der Waals surface area (Å²) >= 11 is 0. The van der Waals surface area contributed by atoms with Crippen LogP contribution < -0.4 is 5.32 Å². The lowest BCUT2D eigenvalue weighted by Gasteiger charge is -2.36. The first-order chi connectivity index (χ1) is 8.42. The molecule has 2 atom stereocenters. The lowest BCUT2D eigenvalue weighted by atomic mass is 9.73. The highest BCUT2D eigenvalue weighted by Crippen LogP contribution is 2.42. The summed E-state index contributed by atoms with van der Waals surface area (Å²) in [4.78, 5) is 0. The molecule has 0 aromatic carbocycles. The van der Waals surface area contributed by atoms with Crippen LogP contribution in [0.25, 0.3) is 0 Å². The first kappa shape index (κ1) is 14.2. The molecule has 0 heterocycles. The maximum absolute atomic E-state index is 13.4. The van der Waals surface area contributed by atoms with Gasteiger partial charge in [-0.1, -0.05) is 13.8 Å². The summed E-state index contributed by atoms with van der Waals surface area (Å²) in [5.74, 6) is -2.18. The second-order valence-corrected chi connectivity index (χ2v) is 6.84. The molecule has 0 spiro atoms. The molecule has 0 bridgehead atoms. The van der Waals surface area contributed by atoms with Gasteiger partial charge in [0.25, 0.3) is 0 Å². The van der Waals surface area contributed by atoms with Crippen molar-refractivity contribution in [3.05, 3.63) is 0 Å². The molecule has 2 fully saturated rings. The van der Waals surface area contributed by atoms with E-state index < -0.39 is 5.92 Å².